The lowest BCUT2D eigenvalue weighted by molar-refractivity contribution is -0.138. The van der Waals surface area contributed by atoms with Gasteiger partial charge in [-0.3, -0.25) is 9.79 Å². The monoisotopic (exact) mass is 230 g/mol. The van der Waals surface area contributed by atoms with Crippen LogP contribution in [0.2, 0.25) is 0 Å². The van der Waals surface area contributed by atoms with E-state index in [0.29, 0.717) is 6.42 Å². The molecule has 2 rings (SSSR count). The van der Waals surface area contributed by atoms with Crippen molar-refractivity contribution in [2.75, 3.05) is 0 Å². The van der Waals surface area contributed by atoms with E-state index in [1.165, 1.54) is 0 Å². The molecule has 0 unspecified atom stereocenters. The molecule has 1 aromatic rings. The zero-order valence-corrected chi connectivity index (χ0v) is 9.55. The second kappa shape index (κ2) is 4.51. The smallest absolute Gasteiger partial charge is 0.320 e. The van der Waals surface area contributed by atoms with E-state index >= 15 is 0 Å². The van der Waals surface area contributed by atoms with Crippen molar-refractivity contribution in [3.8, 4) is 0 Å². The fraction of sp³-hybridized carbons (Fsp3) is 0.231. The summed E-state index contributed by atoms with van der Waals surface area (Å²) in [6.07, 6.45) is 4.00. The maximum atomic E-state index is 10.7. The lowest BCUT2D eigenvalue weighted by Crippen LogP contribution is -2.31. The lowest BCUT2D eigenvalue weighted by Gasteiger charge is -2.04. The van der Waals surface area contributed by atoms with Crippen molar-refractivity contribution in [1.82, 2.24) is 0 Å². The molecule has 1 aliphatic rings. The first-order chi connectivity index (χ1) is 8.11. The van der Waals surface area contributed by atoms with Crippen molar-refractivity contribution < 1.29 is 9.90 Å². The highest BCUT2D eigenvalue weighted by Crippen LogP contribution is 2.13. The van der Waals surface area contributed by atoms with Gasteiger partial charge in [0.25, 0.3) is 0 Å². The molecule has 4 nitrogen and oxygen atoms in total. The van der Waals surface area contributed by atoms with Gasteiger partial charge in [-0.05, 0) is 23.8 Å². The molecule has 0 radical (unpaired) electrons. The standard InChI is InChI=1S/C13H14N2O2/c1-2-8-3-4-10-9(6-11(14)13(16)17)7-15-12(10)5-8/h2-5,7,11H,6,14H2,1H3,(H,16,17)/t11-/m0/s1. The van der Waals surface area contributed by atoms with Gasteiger partial charge in [-0.15, -0.1) is 0 Å². The van der Waals surface area contributed by atoms with Gasteiger partial charge in [0, 0.05) is 17.9 Å². The number of rotatable bonds is 3. The van der Waals surface area contributed by atoms with Gasteiger partial charge in [-0.1, -0.05) is 18.2 Å². The molecule has 0 aliphatic carbocycles. The van der Waals surface area contributed by atoms with Crippen molar-refractivity contribution in [2.45, 2.75) is 19.4 Å². The molecule has 0 aromatic heterocycles. The molecule has 1 heterocycles. The Morgan fingerprint density at radius 2 is 2.35 bits per heavy atom. The Balaban J connectivity index is 2.41. The molecule has 17 heavy (non-hydrogen) atoms. The van der Waals surface area contributed by atoms with Crippen LogP contribution in [0.15, 0.2) is 23.2 Å². The number of nitrogens with zero attached hydrogens (tertiary/aromatic N) is 1. The summed E-state index contributed by atoms with van der Waals surface area (Å²) in [6, 6.07) is 5.05. The number of nitrogens with two attached hydrogens (primary N) is 1. The van der Waals surface area contributed by atoms with E-state index in [-0.39, 0.29) is 0 Å². The third-order valence-corrected chi connectivity index (χ3v) is 2.82. The van der Waals surface area contributed by atoms with Crippen LogP contribution in [0.25, 0.3) is 11.6 Å². The second-order valence-corrected chi connectivity index (χ2v) is 4.00. The molecule has 1 aromatic carbocycles. The van der Waals surface area contributed by atoms with Crippen LogP contribution in [0.1, 0.15) is 13.3 Å². The summed E-state index contributed by atoms with van der Waals surface area (Å²) in [5, 5.41) is 10.9. The molecule has 0 amide bonds. The predicted molar refractivity (Wildman–Crippen MR) is 67.6 cm³/mol. The quantitative estimate of drug-likeness (QED) is 0.776. The molecular weight excluding hydrogens is 216 g/mol. The van der Waals surface area contributed by atoms with E-state index in [1.54, 1.807) is 6.21 Å². The Bertz CT molecular complexity index is 602. The Kier molecular flexibility index (Phi) is 3.06. The number of hydrogen-bond acceptors (Lipinski definition) is 3. The molecule has 1 aliphatic heterocycles. The topological polar surface area (TPSA) is 75.7 Å². The van der Waals surface area contributed by atoms with Gasteiger partial charge >= 0.3 is 5.97 Å². The van der Waals surface area contributed by atoms with Gasteiger partial charge in [-0.25, -0.2) is 0 Å². The molecular formula is C13H14N2O2. The first-order valence-electron chi connectivity index (χ1n) is 5.44. The van der Waals surface area contributed by atoms with Crippen molar-refractivity contribution in [3.05, 3.63) is 28.6 Å². The van der Waals surface area contributed by atoms with E-state index in [9.17, 15) is 4.79 Å². The maximum Gasteiger partial charge on any atom is 0.320 e. The van der Waals surface area contributed by atoms with E-state index in [4.69, 9.17) is 10.8 Å². The molecule has 0 bridgehead atoms. The van der Waals surface area contributed by atoms with Crippen LogP contribution in [0.4, 0.5) is 5.69 Å². The van der Waals surface area contributed by atoms with E-state index in [2.05, 4.69) is 4.99 Å². The molecule has 0 fully saturated rings. The molecule has 3 N–H and O–H groups in total. The van der Waals surface area contributed by atoms with Crippen molar-refractivity contribution in [3.63, 3.8) is 0 Å². The molecule has 0 saturated heterocycles. The number of aliphatic carboxylic acids is 1. The summed E-state index contributed by atoms with van der Waals surface area (Å²) in [5.74, 6) is -0.988. The Labute approximate surface area is 98.8 Å². The van der Waals surface area contributed by atoms with E-state index in [1.807, 2.05) is 31.2 Å². The zero-order chi connectivity index (χ0) is 12.4. The van der Waals surface area contributed by atoms with Crippen LogP contribution >= 0.6 is 0 Å². The molecule has 4 heteroatoms. The van der Waals surface area contributed by atoms with Crippen molar-refractivity contribution in [1.29, 1.82) is 0 Å². The van der Waals surface area contributed by atoms with Crippen LogP contribution in [0.5, 0.6) is 0 Å². The minimum absolute atomic E-state index is 0.307. The minimum atomic E-state index is -0.988. The molecule has 0 spiro atoms. The lowest BCUT2D eigenvalue weighted by atomic mass is 10.1. The summed E-state index contributed by atoms with van der Waals surface area (Å²) in [7, 11) is 0. The van der Waals surface area contributed by atoms with Gasteiger partial charge in [0.05, 0.1) is 5.69 Å². The van der Waals surface area contributed by atoms with Crippen LogP contribution in [0.3, 0.4) is 0 Å². The first-order valence-corrected chi connectivity index (χ1v) is 5.44. The van der Waals surface area contributed by atoms with Crippen LogP contribution in [-0.4, -0.2) is 23.3 Å². The van der Waals surface area contributed by atoms with Gasteiger partial charge in [-0.2, -0.15) is 0 Å². The fourth-order valence-corrected chi connectivity index (χ4v) is 1.81. The Hall–Kier alpha value is -1.94. The third-order valence-electron chi connectivity index (χ3n) is 2.82. The highest BCUT2D eigenvalue weighted by molar-refractivity contribution is 6.07. The van der Waals surface area contributed by atoms with Crippen LogP contribution < -0.4 is 16.2 Å². The summed E-state index contributed by atoms with van der Waals surface area (Å²) < 4.78 is 0. The van der Waals surface area contributed by atoms with E-state index in [0.717, 1.165) is 21.7 Å². The third kappa shape index (κ3) is 2.26. The average Bonchev–Trinajstić information content (AvgIpc) is 2.71. The van der Waals surface area contributed by atoms with Crippen molar-refractivity contribution in [2.24, 2.45) is 10.7 Å². The number of benzene rings is 1. The van der Waals surface area contributed by atoms with Gasteiger partial charge in [0.15, 0.2) is 0 Å². The zero-order valence-electron chi connectivity index (χ0n) is 9.55. The predicted octanol–water partition coefficient (Wildman–Crippen LogP) is 0.156. The number of carboxylic acid groups (broad SMARTS) is 1. The summed E-state index contributed by atoms with van der Waals surface area (Å²) in [6.45, 7) is 1.96. The fourth-order valence-electron chi connectivity index (χ4n) is 1.81. The van der Waals surface area contributed by atoms with Crippen LogP contribution in [-0.2, 0) is 4.79 Å². The molecule has 88 valence electrons. The maximum absolute atomic E-state index is 10.7. The SMILES string of the molecule is CC=c1ccc2c(c1)N=CC=2C[C@H](N)C(=O)O. The van der Waals surface area contributed by atoms with Gasteiger partial charge in [0.2, 0.25) is 0 Å². The highest BCUT2D eigenvalue weighted by atomic mass is 16.4. The number of hydrogen-bond donors (Lipinski definition) is 2. The van der Waals surface area contributed by atoms with Crippen molar-refractivity contribution >= 4 is 29.5 Å². The van der Waals surface area contributed by atoms with Gasteiger partial charge in [0.1, 0.15) is 6.04 Å². The normalized spacial score (nSPS) is 16.1. The van der Waals surface area contributed by atoms with Gasteiger partial charge < -0.3 is 10.8 Å². The minimum Gasteiger partial charge on any atom is -0.480 e. The summed E-state index contributed by atoms with van der Waals surface area (Å²) >= 11 is 0. The summed E-state index contributed by atoms with van der Waals surface area (Å²) in [5.41, 5.74) is 7.29. The molecule has 1 atom stereocenters. The first kappa shape index (κ1) is 11.5. The molecule has 0 saturated carbocycles. The average molecular weight is 230 g/mol. The number of carboxylic acids is 1. The summed E-state index contributed by atoms with van der Waals surface area (Å²) in [4.78, 5) is 15.0. The Morgan fingerprint density at radius 3 is 3.00 bits per heavy atom. The number of aliphatic imine (C=N–C) groups is 1. The number of fused-ring (bicyclic) bond motifs is 1. The Morgan fingerprint density at radius 1 is 1.59 bits per heavy atom. The largest absolute Gasteiger partial charge is 0.480 e. The van der Waals surface area contributed by atoms with Crippen LogP contribution in [0, 0.1) is 0 Å². The van der Waals surface area contributed by atoms with E-state index < -0.39 is 12.0 Å². The number of carbonyl (C=O) groups is 1. The second-order valence-electron chi connectivity index (χ2n) is 4.00. The highest BCUT2D eigenvalue weighted by Gasteiger charge is 2.16.